The van der Waals surface area contributed by atoms with E-state index in [9.17, 15) is 4.79 Å². The molecule has 5 rings (SSSR count). The average molecular weight is 585 g/mol. The lowest BCUT2D eigenvalue weighted by Crippen LogP contribution is -2.33. The number of thiocarbonyl (C=S) groups is 1. The Morgan fingerprint density at radius 1 is 0.973 bits per heavy atom. The number of rotatable bonds is 5. The molecule has 0 saturated heterocycles. The molecular weight excluding hydrogens is 569 g/mol. The molecule has 0 aliphatic heterocycles. The van der Waals surface area contributed by atoms with Crippen LogP contribution in [0.1, 0.15) is 5.76 Å². The van der Waals surface area contributed by atoms with Crippen LogP contribution in [0.5, 0.6) is 0 Å². The van der Waals surface area contributed by atoms with E-state index in [4.69, 9.17) is 51.4 Å². The van der Waals surface area contributed by atoms with Gasteiger partial charge in [0.05, 0.1) is 20.9 Å². The summed E-state index contributed by atoms with van der Waals surface area (Å²) in [5.41, 5.74) is 2.92. The number of amides is 1. The topological polar surface area (TPSA) is 67.2 Å². The van der Waals surface area contributed by atoms with Crippen LogP contribution in [0.15, 0.2) is 83.3 Å². The van der Waals surface area contributed by atoms with Crippen molar-refractivity contribution in [3.63, 3.8) is 0 Å². The molecule has 2 aromatic heterocycles. The van der Waals surface area contributed by atoms with E-state index < -0.39 is 5.91 Å². The van der Waals surface area contributed by atoms with Crippen LogP contribution in [0.4, 0.5) is 5.69 Å². The standard InChI is InChI=1S/C27H16Cl3N3O2S2/c28-16-7-5-15(6-8-16)22-11-9-18(35-22)10-12-24(34)32-27(36)33-25-19(13-17(29)14-20(25)30)26-31-21-3-1-2-4-23(21)37-26/h1-14H,(H2,32,33,34,36)/b12-10+. The highest BCUT2D eigenvalue weighted by Gasteiger charge is 2.17. The minimum atomic E-state index is -0.437. The zero-order valence-corrected chi connectivity index (χ0v) is 22.7. The van der Waals surface area contributed by atoms with E-state index in [1.165, 1.54) is 17.4 Å². The van der Waals surface area contributed by atoms with E-state index in [-0.39, 0.29) is 5.11 Å². The van der Waals surface area contributed by atoms with E-state index in [0.717, 1.165) is 20.8 Å². The molecule has 10 heteroatoms. The second-order valence-electron chi connectivity index (χ2n) is 7.78. The minimum Gasteiger partial charge on any atom is -0.457 e. The molecule has 184 valence electrons. The number of anilines is 1. The number of para-hydroxylation sites is 1. The number of thiazole rings is 1. The number of carbonyl (C=O) groups excluding carboxylic acids is 1. The van der Waals surface area contributed by atoms with Gasteiger partial charge in [-0.3, -0.25) is 10.1 Å². The number of benzene rings is 3. The maximum atomic E-state index is 12.5. The first-order valence-corrected chi connectivity index (χ1v) is 13.2. The summed E-state index contributed by atoms with van der Waals surface area (Å²) in [6.45, 7) is 0. The highest BCUT2D eigenvalue weighted by molar-refractivity contribution is 7.80. The summed E-state index contributed by atoms with van der Waals surface area (Å²) < 4.78 is 6.81. The SMILES string of the molecule is O=C(/C=C/c1ccc(-c2ccc(Cl)cc2)o1)NC(=S)Nc1c(Cl)cc(Cl)cc1-c1nc2ccccc2s1. The number of carbonyl (C=O) groups is 1. The highest BCUT2D eigenvalue weighted by Crippen LogP contribution is 2.40. The van der Waals surface area contributed by atoms with Crippen molar-refractivity contribution in [2.75, 3.05) is 5.32 Å². The fraction of sp³-hybridized carbons (Fsp3) is 0. The normalized spacial score (nSPS) is 11.2. The van der Waals surface area contributed by atoms with E-state index in [0.29, 0.717) is 37.8 Å². The molecular formula is C27H16Cl3N3O2S2. The van der Waals surface area contributed by atoms with Crippen LogP contribution in [0, 0.1) is 0 Å². The van der Waals surface area contributed by atoms with Crippen LogP contribution < -0.4 is 10.6 Å². The van der Waals surface area contributed by atoms with Crippen molar-refractivity contribution in [2.45, 2.75) is 0 Å². The molecule has 5 aromatic rings. The van der Waals surface area contributed by atoms with Crippen molar-refractivity contribution in [3.8, 4) is 21.9 Å². The predicted octanol–water partition coefficient (Wildman–Crippen LogP) is 8.71. The summed E-state index contributed by atoms with van der Waals surface area (Å²) >= 11 is 25.6. The fourth-order valence-electron chi connectivity index (χ4n) is 3.52. The predicted molar refractivity (Wildman–Crippen MR) is 158 cm³/mol. The first kappa shape index (κ1) is 25.4. The molecule has 0 bridgehead atoms. The van der Waals surface area contributed by atoms with Crippen molar-refractivity contribution < 1.29 is 9.21 Å². The van der Waals surface area contributed by atoms with E-state index in [1.807, 2.05) is 42.5 Å². The highest BCUT2D eigenvalue weighted by atomic mass is 35.5. The third-order valence-corrected chi connectivity index (χ3v) is 7.25. The molecule has 2 N–H and O–H groups in total. The second kappa shape index (κ2) is 11.0. The Morgan fingerprint density at radius 3 is 2.54 bits per heavy atom. The number of furan rings is 1. The van der Waals surface area contributed by atoms with Gasteiger partial charge in [0.25, 0.3) is 0 Å². The fourth-order valence-corrected chi connectivity index (χ4v) is 5.38. The van der Waals surface area contributed by atoms with Crippen LogP contribution in [0.2, 0.25) is 15.1 Å². The molecule has 3 aromatic carbocycles. The Bertz CT molecular complexity index is 1630. The minimum absolute atomic E-state index is 0.0718. The van der Waals surface area contributed by atoms with Gasteiger partial charge in [-0.05, 0) is 79.0 Å². The largest absolute Gasteiger partial charge is 0.457 e. The van der Waals surface area contributed by atoms with Crippen LogP contribution in [0.25, 0.3) is 38.2 Å². The lowest BCUT2D eigenvalue weighted by Gasteiger charge is -2.14. The quantitative estimate of drug-likeness (QED) is 0.160. The van der Waals surface area contributed by atoms with Gasteiger partial charge in [-0.25, -0.2) is 4.98 Å². The molecule has 1 amide bonds. The number of hydrogen-bond acceptors (Lipinski definition) is 5. The van der Waals surface area contributed by atoms with Gasteiger partial charge in [0, 0.05) is 27.2 Å². The number of hydrogen-bond donors (Lipinski definition) is 2. The molecule has 0 aliphatic rings. The molecule has 2 heterocycles. The average Bonchev–Trinajstić information content (AvgIpc) is 3.52. The lowest BCUT2D eigenvalue weighted by atomic mass is 10.2. The maximum absolute atomic E-state index is 12.5. The summed E-state index contributed by atoms with van der Waals surface area (Å²) in [5.74, 6) is 0.736. The van der Waals surface area contributed by atoms with Gasteiger partial charge in [0.15, 0.2) is 5.11 Å². The molecule has 0 spiro atoms. The smallest absolute Gasteiger partial charge is 0.250 e. The summed E-state index contributed by atoms with van der Waals surface area (Å²) in [4.78, 5) is 17.2. The summed E-state index contributed by atoms with van der Waals surface area (Å²) in [6, 6.07) is 22.0. The van der Waals surface area contributed by atoms with Crippen LogP contribution >= 0.6 is 58.4 Å². The summed E-state index contributed by atoms with van der Waals surface area (Å²) in [5, 5.41) is 7.87. The lowest BCUT2D eigenvalue weighted by molar-refractivity contribution is -0.115. The number of nitrogens with zero attached hydrogens (tertiary/aromatic N) is 1. The number of nitrogens with one attached hydrogen (secondary N) is 2. The molecule has 0 atom stereocenters. The Kier molecular flexibility index (Phi) is 7.60. The monoisotopic (exact) mass is 583 g/mol. The molecule has 0 fully saturated rings. The van der Waals surface area contributed by atoms with Crippen LogP contribution in [-0.4, -0.2) is 16.0 Å². The number of halogens is 3. The van der Waals surface area contributed by atoms with Gasteiger partial charge in [-0.15, -0.1) is 11.3 Å². The maximum Gasteiger partial charge on any atom is 0.250 e. The molecule has 0 radical (unpaired) electrons. The second-order valence-corrected chi connectivity index (χ2v) is 10.5. The number of fused-ring (bicyclic) bond motifs is 1. The van der Waals surface area contributed by atoms with Gasteiger partial charge < -0.3 is 9.73 Å². The van der Waals surface area contributed by atoms with Crippen molar-refractivity contribution in [2.24, 2.45) is 0 Å². The first-order valence-electron chi connectivity index (χ1n) is 10.9. The van der Waals surface area contributed by atoms with Gasteiger partial charge >= 0.3 is 0 Å². The molecule has 37 heavy (non-hydrogen) atoms. The van der Waals surface area contributed by atoms with E-state index in [2.05, 4.69) is 15.6 Å². The van der Waals surface area contributed by atoms with Crippen LogP contribution in [0.3, 0.4) is 0 Å². The third-order valence-electron chi connectivity index (χ3n) is 5.21. The zero-order valence-electron chi connectivity index (χ0n) is 18.8. The molecule has 0 aliphatic carbocycles. The Hall–Kier alpha value is -3.20. The van der Waals surface area contributed by atoms with Crippen molar-refractivity contribution in [1.82, 2.24) is 10.3 Å². The van der Waals surface area contributed by atoms with E-state index in [1.54, 1.807) is 36.4 Å². The van der Waals surface area contributed by atoms with Crippen molar-refractivity contribution >= 4 is 91.4 Å². The van der Waals surface area contributed by atoms with Crippen LogP contribution in [-0.2, 0) is 4.79 Å². The molecule has 0 unspecified atom stereocenters. The Balaban J connectivity index is 1.29. The third kappa shape index (κ3) is 6.04. The zero-order chi connectivity index (χ0) is 25.9. The first-order chi connectivity index (χ1) is 17.9. The van der Waals surface area contributed by atoms with Gasteiger partial charge in [-0.2, -0.15) is 0 Å². The summed E-state index contributed by atoms with van der Waals surface area (Å²) in [6.07, 6.45) is 2.88. The van der Waals surface area contributed by atoms with E-state index >= 15 is 0 Å². The number of aromatic nitrogens is 1. The Labute approximate surface area is 236 Å². The van der Waals surface area contributed by atoms with Gasteiger partial charge in [-0.1, -0.05) is 46.9 Å². The molecule has 5 nitrogen and oxygen atoms in total. The Morgan fingerprint density at radius 2 is 1.76 bits per heavy atom. The van der Waals surface area contributed by atoms with Crippen molar-refractivity contribution in [3.05, 3.63) is 99.7 Å². The van der Waals surface area contributed by atoms with Gasteiger partial charge in [0.2, 0.25) is 5.91 Å². The van der Waals surface area contributed by atoms with Gasteiger partial charge in [0.1, 0.15) is 16.5 Å². The van der Waals surface area contributed by atoms with Crippen molar-refractivity contribution in [1.29, 1.82) is 0 Å². The summed E-state index contributed by atoms with van der Waals surface area (Å²) in [7, 11) is 0. The molecule has 0 saturated carbocycles.